The quantitative estimate of drug-likeness (QED) is 0.852. The van der Waals surface area contributed by atoms with Crippen LogP contribution < -0.4 is 15.2 Å². The molecular weight excluding hydrogens is 238 g/mol. The van der Waals surface area contributed by atoms with Crippen LogP contribution in [0.3, 0.4) is 0 Å². The Hall–Kier alpha value is -0.930. The van der Waals surface area contributed by atoms with Crippen molar-refractivity contribution in [1.29, 1.82) is 0 Å². The summed E-state index contributed by atoms with van der Waals surface area (Å²) >= 11 is 0. The van der Waals surface area contributed by atoms with Crippen molar-refractivity contribution in [2.45, 2.75) is 32.2 Å². The minimum atomic E-state index is 0. The molecule has 0 saturated heterocycles. The Morgan fingerprint density at radius 1 is 1.24 bits per heavy atom. The van der Waals surface area contributed by atoms with Crippen LogP contribution in [0.15, 0.2) is 18.2 Å². The predicted octanol–water partition coefficient (Wildman–Crippen LogP) is 3.32. The first-order valence-electron chi connectivity index (χ1n) is 5.71. The second kappa shape index (κ2) is 8.20. The Kier molecular flexibility index (Phi) is 7.75. The van der Waals surface area contributed by atoms with Crippen LogP contribution >= 0.6 is 12.4 Å². The summed E-state index contributed by atoms with van der Waals surface area (Å²) in [6.45, 7) is 2.16. The van der Waals surface area contributed by atoms with E-state index in [9.17, 15) is 0 Å². The molecule has 0 saturated carbocycles. The topological polar surface area (TPSA) is 44.5 Å². The van der Waals surface area contributed by atoms with Crippen molar-refractivity contribution < 1.29 is 9.47 Å². The molecule has 0 aliphatic carbocycles. The van der Waals surface area contributed by atoms with Gasteiger partial charge in [-0.2, -0.15) is 0 Å². The smallest absolute Gasteiger partial charge is 0.165 e. The lowest BCUT2D eigenvalue weighted by Crippen LogP contribution is -2.11. The highest BCUT2D eigenvalue weighted by Gasteiger charge is 2.14. The van der Waals surface area contributed by atoms with Crippen LogP contribution in [0.1, 0.15) is 37.8 Å². The van der Waals surface area contributed by atoms with Gasteiger partial charge in [-0.25, -0.2) is 0 Å². The predicted molar refractivity (Wildman–Crippen MR) is 73.2 cm³/mol. The van der Waals surface area contributed by atoms with Crippen LogP contribution in [-0.4, -0.2) is 14.2 Å². The summed E-state index contributed by atoms with van der Waals surface area (Å²) in [5, 5.41) is 0. The first-order valence-corrected chi connectivity index (χ1v) is 5.71. The van der Waals surface area contributed by atoms with Crippen LogP contribution in [0.4, 0.5) is 0 Å². The fourth-order valence-corrected chi connectivity index (χ4v) is 1.78. The van der Waals surface area contributed by atoms with Crippen LogP contribution in [0.25, 0.3) is 0 Å². The van der Waals surface area contributed by atoms with Gasteiger partial charge in [0.1, 0.15) is 0 Å². The van der Waals surface area contributed by atoms with Crippen molar-refractivity contribution in [3.05, 3.63) is 23.8 Å². The second-order valence-corrected chi connectivity index (χ2v) is 3.83. The van der Waals surface area contributed by atoms with Gasteiger partial charge in [0, 0.05) is 11.6 Å². The van der Waals surface area contributed by atoms with Crippen molar-refractivity contribution in [3.8, 4) is 11.5 Å². The third-order valence-corrected chi connectivity index (χ3v) is 2.70. The van der Waals surface area contributed by atoms with Gasteiger partial charge >= 0.3 is 0 Å². The summed E-state index contributed by atoms with van der Waals surface area (Å²) < 4.78 is 10.6. The molecule has 1 atom stereocenters. The van der Waals surface area contributed by atoms with Crippen LogP contribution in [-0.2, 0) is 0 Å². The maximum Gasteiger partial charge on any atom is 0.165 e. The highest BCUT2D eigenvalue weighted by molar-refractivity contribution is 5.85. The molecule has 17 heavy (non-hydrogen) atoms. The number of benzene rings is 1. The third-order valence-electron chi connectivity index (χ3n) is 2.70. The van der Waals surface area contributed by atoms with E-state index in [1.165, 1.54) is 0 Å². The van der Waals surface area contributed by atoms with Crippen molar-refractivity contribution in [3.63, 3.8) is 0 Å². The molecule has 1 aromatic rings. The average molecular weight is 260 g/mol. The zero-order valence-corrected chi connectivity index (χ0v) is 11.5. The summed E-state index contributed by atoms with van der Waals surface area (Å²) in [7, 11) is 3.28. The molecule has 1 aromatic carbocycles. The number of para-hydroxylation sites is 1. The Bertz CT molecular complexity index is 331. The molecule has 0 aliphatic heterocycles. The van der Waals surface area contributed by atoms with Crippen LogP contribution in [0.2, 0.25) is 0 Å². The monoisotopic (exact) mass is 259 g/mol. The fraction of sp³-hybridized carbons (Fsp3) is 0.538. The zero-order chi connectivity index (χ0) is 12.0. The van der Waals surface area contributed by atoms with E-state index in [0.29, 0.717) is 0 Å². The van der Waals surface area contributed by atoms with Crippen molar-refractivity contribution >= 4 is 12.4 Å². The molecule has 98 valence electrons. The van der Waals surface area contributed by atoms with Gasteiger partial charge in [0.25, 0.3) is 0 Å². The van der Waals surface area contributed by atoms with Gasteiger partial charge < -0.3 is 15.2 Å². The van der Waals surface area contributed by atoms with E-state index in [2.05, 4.69) is 6.92 Å². The zero-order valence-electron chi connectivity index (χ0n) is 10.7. The Morgan fingerprint density at radius 3 is 2.47 bits per heavy atom. The van der Waals surface area contributed by atoms with Gasteiger partial charge in [-0.05, 0) is 12.5 Å². The standard InChI is InChI=1S/C13H21NO2.ClH/c1-4-5-8-11(14)10-7-6-9-12(15-2)13(10)16-3;/h6-7,9,11H,4-5,8,14H2,1-3H3;1H/t11-;/m1./s1. The minimum absolute atomic E-state index is 0. The van der Waals surface area contributed by atoms with Gasteiger partial charge in [0.15, 0.2) is 11.5 Å². The Morgan fingerprint density at radius 2 is 1.94 bits per heavy atom. The molecule has 0 amide bonds. The summed E-state index contributed by atoms with van der Waals surface area (Å²) in [5.74, 6) is 1.50. The number of nitrogens with two attached hydrogens (primary N) is 1. The molecular formula is C13H22ClNO2. The molecule has 2 N–H and O–H groups in total. The van der Waals surface area contributed by atoms with Gasteiger partial charge in [0.2, 0.25) is 0 Å². The molecule has 0 unspecified atom stereocenters. The third kappa shape index (κ3) is 4.10. The molecule has 0 aromatic heterocycles. The van der Waals surface area contributed by atoms with Crippen LogP contribution in [0, 0.1) is 0 Å². The van der Waals surface area contributed by atoms with Crippen molar-refractivity contribution in [2.75, 3.05) is 14.2 Å². The van der Waals surface area contributed by atoms with E-state index in [1.807, 2.05) is 18.2 Å². The normalized spacial score (nSPS) is 11.5. The first-order chi connectivity index (χ1) is 7.74. The number of ether oxygens (including phenoxy) is 2. The highest BCUT2D eigenvalue weighted by atomic mass is 35.5. The van der Waals surface area contributed by atoms with Gasteiger partial charge in [-0.15, -0.1) is 12.4 Å². The summed E-state index contributed by atoms with van der Waals surface area (Å²) in [5.41, 5.74) is 7.17. The average Bonchev–Trinajstić information content (AvgIpc) is 2.34. The molecule has 4 heteroatoms. The van der Waals surface area contributed by atoms with E-state index in [0.717, 1.165) is 36.3 Å². The molecule has 1 rings (SSSR count). The highest BCUT2D eigenvalue weighted by Crippen LogP contribution is 2.35. The fourth-order valence-electron chi connectivity index (χ4n) is 1.78. The molecule has 0 bridgehead atoms. The molecule has 0 heterocycles. The van der Waals surface area contributed by atoms with E-state index in [-0.39, 0.29) is 18.4 Å². The minimum Gasteiger partial charge on any atom is -0.493 e. The van der Waals surface area contributed by atoms with Crippen molar-refractivity contribution in [2.24, 2.45) is 5.73 Å². The first kappa shape index (κ1) is 16.1. The van der Waals surface area contributed by atoms with Gasteiger partial charge in [-0.1, -0.05) is 31.9 Å². The van der Waals surface area contributed by atoms with E-state index >= 15 is 0 Å². The number of methoxy groups -OCH3 is 2. The van der Waals surface area contributed by atoms with E-state index in [4.69, 9.17) is 15.2 Å². The lowest BCUT2D eigenvalue weighted by atomic mass is 10.0. The summed E-state index contributed by atoms with van der Waals surface area (Å²) in [6, 6.07) is 5.85. The molecule has 0 radical (unpaired) electrons. The lowest BCUT2D eigenvalue weighted by molar-refractivity contribution is 0.348. The lowest BCUT2D eigenvalue weighted by Gasteiger charge is -2.17. The maximum absolute atomic E-state index is 6.15. The van der Waals surface area contributed by atoms with E-state index in [1.54, 1.807) is 14.2 Å². The number of hydrogen-bond acceptors (Lipinski definition) is 3. The van der Waals surface area contributed by atoms with Crippen LogP contribution in [0.5, 0.6) is 11.5 Å². The molecule has 0 aliphatic rings. The van der Waals surface area contributed by atoms with Gasteiger partial charge in [-0.3, -0.25) is 0 Å². The number of hydrogen-bond donors (Lipinski definition) is 1. The largest absolute Gasteiger partial charge is 0.493 e. The summed E-state index contributed by atoms with van der Waals surface area (Å²) in [6.07, 6.45) is 3.25. The van der Waals surface area contributed by atoms with Gasteiger partial charge in [0.05, 0.1) is 14.2 Å². The molecule has 3 nitrogen and oxygen atoms in total. The Labute approximate surface area is 110 Å². The SMILES string of the molecule is CCCC[C@@H](N)c1cccc(OC)c1OC.Cl. The molecule has 0 fully saturated rings. The molecule has 0 spiro atoms. The van der Waals surface area contributed by atoms with Crippen molar-refractivity contribution in [1.82, 2.24) is 0 Å². The second-order valence-electron chi connectivity index (χ2n) is 3.83. The number of rotatable bonds is 6. The number of halogens is 1. The maximum atomic E-state index is 6.15. The number of unbranched alkanes of at least 4 members (excludes halogenated alkanes) is 1. The summed E-state index contributed by atoms with van der Waals surface area (Å²) in [4.78, 5) is 0. The Balaban J connectivity index is 0.00000256. The van der Waals surface area contributed by atoms with E-state index < -0.39 is 0 Å².